The lowest BCUT2D eigenvalue weighted by Gasteiger charge is -2.29. The molecule has 21 heavy (non-hydrogen) atoms. The van der Waals surface area contributed by atoms with Crippen LogP contribution in [-0.2, 0) is 17.9 Å². The van der Waals surface area contributed by atoms with Gasteiger partial charge in [0.2, 0.25) is 5.91 Å². The Labute approximate surface area is 123 Å². The molecule has 6 heteroatoms. The number of carbonyl (C=O) groups excluding carboxylic acids is 1. The van der Waals surface area contributed by atoms with Gasteiger partial charge in [0.05, 0.1) is 13.1 Å². The summed E-state index contributed by atoms with van der Waals surface area (Å²) in [7, 11) is 0. The van der Waals surface area contributed by atoms with E-state index in [9.17, 15) is 4.79 Å². The molecular formula is C15H19N5O. The topological polar surface area (TPSA) is 77.0 Å². The zero-order chi connectivity index (χ0) is 15.0. The molecule has 2 heterocycles. The lowest BCUT2D eigenvalue weighted by molar-refractivity contribution is -0.134. The second-order valence-corrected chi connectivity index (χ2v) is 5.45. The van der Waals surface area contributed by atoms with Crippen LogP contribution >= 0.6 is 0 Å². The average molecular weight is 285 g/mol. The Kier molecular flexibility index (Phi) is 3.47. The lowest BCUT2D eigenvalue weighted by atomic mass is 10.0. The first-order valence-electron chi connectivity index (χ1n) is 7.06. The van der Waals surface area contributed by atoms with Crippen molar-refractivity contribution in [3.05, 3.63) is 47.0 Å². The first-order valence-corrected chi connectivity index (χ1v) is 7.06. The summed E-state index contributed by atoms with van der Waals surface area (Å²) in [6, 6.07) is 7.14. The Morgan fingerprint density at radius 2 is 1.95 bits per heavy atom. The molecule has 1 aromatic heterocycles. The summed E-state index contributed by atoms with van der Waals surface area (Å²) in [5.41, 5.74) is 8.10. The second kappa shape index (κ2) is 5.29. The standard InChI is InChI=1S/C15H19N5O/c1-10-3-5-12(6-4-10)14(16)15(21)19-7-8-20-13(9-19)17-11(2)18-20/h3-6,14H,7-9,16H2,1-2H3. The minimum absolute atomic E-state index is 0.0641. The molecule has 6 nitrogen and oxygen atoms in total. The number of hydrogen-bond acceptors (Lipinski definition) is 4. The van der Waals surface area contributed by atoms with Crippen molar-refractivity contribution >= 4 is 5.91 Å². The normalized spacial score (nSPS) is 15.7. The fraction of sp³-hybridized carbons (Fsp3) is 0.400. The van der Waals surface area contributed by atoms with Gasteiger partial charge in [-0.05, 0) is 19.4 Å². The first-order chi connectivity index (χ1) is 10.0. The number of aromatic nitrogens is 3. The summed E-state index contributed by atoms with van der Waals surface area (Å²) >= 11 is 0. The van der Waals surface area contributed by atoms with Crippen LogP contribution < -0.4 is 5.73 Å². The molecule has 1 aromatic carbocycles. The molecule has 0 radical (unpaired) electrons. The molecule has 3 rings (SSSR count). The van der Waals surface area contributed by atoms with Crippen molar-refractivity contribution in [3.8, 4) is 0 Å². The highest BCUT2D eigenvalue weighted by atomic mass is 16.2. The molecular weight excluding hydrogens is 266 g/mol. The molecule has 110 valence electrons. The molecule has 1 atom stereocenters. The molecule has 2 N–H and O–H groups in total. The molecule has 0 saturated carbocycles. The van der Waals surface area contributed by atoms with E-state index in [1.54, 1.807) is 4.90 Å². The Hall–Kier alpha value is -2.21. The number of carbonyl (C=O) groups is 1. The van der Waals surface area contributed by atoms with Gasteiger partial charge in [-0.2, -0.15) is 5.10 Å². The van der Waals surface area contributed by atoms with Gasteiger partial charge in [-0.1, -0.05) is 29.8 Å². The summed E-state index contributed by atoms with van der Waals surface area (Å²) in [6.45, 7) is 5.63. The Morgan fingerprint density at radius 3 is 2.67 bits per heavy atom. The van der Waals surface area contributed by atoms with E-state index in [1.807, 2.05) is 42.8 Å². The van der Waals surface area contributed by atoms with Crippen LogP contribution in [0.5, 0.6) is 0 Å². The molecule has 1 amide bonds. The van der Waals surface area contributed by atoms with E-state index in [2.05, 4.69) is 10.1 Å². The average Bonchev–Trinajstić information content (AvgIpc) is 2.85. The fourth-order valence-corrected chi connectivity index (χ4v) is 2.56. The van der Waals surface area contributed by atoms with Gasteiger partial charge >= 0.3 is 0 Å². The number of nitrogens with two attached hydrogens (primary N) is 1. The molecule has 0 saturated heterocycles. The van der Waals surface area contributed by atoms with Crippen molar-refractivity contribution in [3.63, 3.8) is 0 Å². The van der Waals surface area contributed by atoms with Crippen LogP contribution in [-0.4, -0.2) is 32.1 Å². The van der Waals surface area contributed by atoms with E-state index in [4.69, 9.17) is 5.73 Å². The van der Waals surface area contributed by atoms with Crippen molar-refractivity contribution in [2.75, 3.05) is 6.54 Å². The maximum absolute atomic E-state index is 12.5. The maximum atomic E-state index is 12.5. The van der Waals surface area contributed by atoms with Gasteiger partial charge in [0.1, 0.15) is 17.7 Å². The van der Waals surface area contributed by atoms with Crippen molar-refractivity contribution in [2.24, 2.45) is 5.73 Å². The highest BCUT2D eigenvalue weighted by Gasteiger charge is 2.27. The van der Waals surface area contributed by atoms with Crippen LogP contribution in [0.15, 0.2) is 24.3 Å². The van der Waals surface area contributed by atoms with Crippen LogP contribution in [0.2, 0.25) is 0 Å². The van der Waals surface area contributed by atoms with E-state index >= 15 is 0 Å². The first kappa shape index (κ1) is 13.8. The summed E-state index contributed by atoms with van der Waals surface area (Å²) in [6.07, 6.45) is 0. The zero-order valence-corrected chi connectivity index (χ0v) is 12.3. The van der Waals surface area contributed by atoms with Crippen LogP contribution in [0, 0.1) is 13.8 Å². The second-order valence-electron chi connectivity index (χ2n) is 5.45. The SMILES string of the molecule is Cc1ccc(C(N)C(=O)N2CCn3nc(C)nc3C2)cc1. The number of aryl methyl sites for hydroxylation is 2. The summed E-state index contributed by atoms with van der Waals surface area (Å²) in [4.78, 5) is 18.6. The van der Waals surface area contributed by atoms with Gasteiger partial charge in [0.15, 0.2) is 0 Å². The molecule has 1 unspecified atom stereocenters. The van der Waals surface area contributed by atoms with Gasteiger partial charge in [-0.3, -0.25) is 4.79 Å². The highest BCUT2D eigenvalue weighted by molar-refractivity contribution is 5.83. The lowest BCUT2D eigenvalue weighted by Crippen LogP contribution is -2.43. The number of nitrogens with zero attached hydrogens (tertiary/aromatic N) is 4. The van der Waals surface area contributed by atoms with Gasteiger partial charge < -0.3 is 10.6 Å². The minimum Gasteiger partial charge on any atom is -0.332 e. The third-order valence-electron chi connectivity index (χ3n) is 3.78. The van der Waals surface area contributed by atoms with E-state index in [-0.39, 0.29) is 5.91 Å². The smallest absolute Gasteiger partial charge is 0.244 e. The predicted octanol–water partition coefficient (Wildman–Crippen LogP) is 0.937. The van der Waals surface area contributed by atoms with Crippen molar-refractivity contribution in [2.45, 2.75) is 33.0 Å². The van der Waals surface area contributed by atoms with Crippen LogP contribution in [0.3, 0.4) is 0 Å². The monoisotopic (exact) mass is 285 g/mol. The zero-order valence-electron chi connectivity index (χ0n) is 12.3. The Bertz CT molecular complexity index is 661. The molecule has 2 aromatic rings. The van der Waals surface area contributed by atoms with Gasteiger partial charge in [-0.25, -0.2) is 9.67 Å². The molecule has 0 fully saturated rings. The molecule has 0 bridgehead atoms. The third kappa shape index (κ3) is 2.67. The van der Waals surface area contributed by atoms with Gasteiger partial charge in [0, 0.05) is 6.54 Å². The quantitative estimate of drug-likeness (QED) is 0.890. The fourth-order valence-electron chi connectivity index (χ4n) is 2.56. The van der Waals surface area contributed by atoms with Crippen molar-refractivity contribution < 1.29 is 4.79 Å². The maximum Gasteiger partial charge on any atom is 0.244 e. The number of hydrogen-bond donors (Lipinski definition) is 1. The number of benzene rings is 1. The van der Waals surface area contributed by atoms with E-state index in [0.717, 1.165) is 22.8 Å². The van der Waals surface area contributed by atoms with E-state index in [1.165, 1.54) is 0 Å². The third-order valence-corrected chi connectivity index (χ3v) is 3.78. The summed E-state index contributed by atoms with van der Waals surface area (Å²) < 4.78 is 1.86. The van der Waals surface area contributed by atoms with E-state index < -0.39 is 6.04 Å². The summed E-state index contributed by atoms with van der Waals surface area (Å²) in [5.74, 6) is 1.50. The van der Waals surface area contributed by atoms with E-state index in [0.29, 0.717) is 19.6 Å². The van der Waals surface area contributed by atoms with Crippen LogP contribution in [0.25, 0.3) is 0 Å². The molecule has 1 aliphatic heterocycles. The van der Waals surface area contributed by atoms with Gasteiger partial charge in [0.25, 0.3) is 0 Å². The molecule has 0 spiro atoms. The number of fused-ring (bicyclic) bond motifs is 1. The van der Waals surface area contributed by atoms with Gasteiger partial charge in [-0.15, -0.1) is 0 Å². The van der Waals surface area contributed by atoms with Crippen LogP contribution in [0.4, 0.5) is 0 Å². The number of rotatable bonds is 2. The van der Waals surface area contributed by atoms with Crippen molar-refractivity contribution in [1.82, 2.24) is 19.7 Å². The van der Waals surface area contributed by atoms with Crippen LogP contribution in [0.1, 0.15) is 28.8 Å². The predicted molar refractivity (Wildman–Crippen MR) is 78.3 cm³/mol. The number of amides is 1. The largest absolute Gasteiger partial charge is 0.332 e. The minimum atomic E-state index is -0.624. The summed E-state index contributed by atoms with van der Waals surface area (Å²) in [5, 5.41) is 4.29. The highest BCUT2D eigenvalue weighted by Crippen LogP contribution is 2.18. The Morgan fingerprint density at radius 1 is 1.24 bits per heavy atom. The van der Waals surface area contributed by atoms with Crippen molar-refractivity contribution in [1.29, 1.82) is 0 Å². The molecule has 0 aliphatic carbocycles. The molecule has 1 aliphatic rings. The Balaban J connectivity index is 1.75.